The molecule has 4 rings (SSSR count). The van der Waals surface area contributed by atoms with Crippen LogP contribution in [0.2, 0.25) is 5.02 Å². The highest BCUT2D eigenvalue weighted by Gasteiger charge is 2.42. The lowest BCUT2D eigenvalue weighted by Gasteiger charge is -2.24. The van der Waals surface area contributed by atoms with E-state index in [0.717, 1.165) is 25.9 Å². The SMILES string of the molecule is COC(=O)NCCCc1cccc(N2CC3CN(C(=O)c4c(F)cccc4Cl)CC3C2)c1. The molecule has 2 aromatic carbocycles. The van der Waals surface area contributed by atoms with Crippen LogP contribution in [0.5, 0.6) is 0 Å². The highest BCUT2D eigenvalue weighted by atomic mass is 35.5. The van der Waals surface area contributed by atoms with E-state index in [1.165, 1.54) is 30.5 Å². The fraction of sp³-hybridized carbons (Fsp3) is 0.417. The quantitative estimate of drug-likeness (QED) is 0.664. The largest absolute Gasteiger partial charge is 0.453 e. The molecule has 2 aromatic rings. The average molecular weight is 460 g/mol. The van der Waals surface area contributed by atoms with Crippen molar-refractivity contribution in [3.8, 4) is 0 Å². The first-order valence-corrected chi connectivity index (χ1v) is 11.2. The Labute approximate surface area is 192 Å². The first-order valence-electron chi connectivity index (χ1n) is 10.8. The van der Waals surface area contributed by atoms with Gasteiger partial charge in [0.05, 0.1) is 17.7 Å². The number of likely N-dealkylation sites (tertiary alicyclic amines) is 1. The number of benzene rings is 2. The van der Waals surface area contributed by atoms with Gasteiger partial charge >= 0.3 is 6.09 Å². The molecule has 0 aliphatic carbocycles. The van der Waals surface area contributed by atoms with Crippen molar-refractivity contribution in [2.24, 2.45) is 11.8 Å². The van der Waals surface area contributed by atoms with Gasteiger partial charge in [-0.2, -0.15) is 0 Å². The van der Waals surface area contributed by atoms with E-state index in [4.69, 9.17) is 11.6 Å². The number of amides is 2. The van der Waals surface area contributed by atoms with Crippen LogP contribution in [0.25, 0.3) is 0 Å². The normalized spacial score (nSPS) is 19.7. The highest BCUT2D eigenvalue weighted by Crippen LogP contribution is 2.35. The molecule has 1 N–H and O–H groups in total. The molecule has 2 unspecified atom stereocenters. The van der Waals surface area contributed by atoms with Crippen LogP contribution in [0.1, 0.15) is 22.3 Å². The van der Waals surface area contributed by atoms with Crippen LogP contribution in [0.4, 0.5) is 14.9 Å². The Kier molecular flexibility index (Phi) is 6.84. The summed E-state index contributed by atoms with van der Waals surface area (Å²) in [4.78, 5) is 28.1. The fourth-order valence-corrected chi connectivity index (χ4v) is 4.94. The second-order valence-corrected chi connectivity index (χ2v) is 8.83. The van der Waals surface area contributed by atoms with Crippen LogP contribution in [0.15, 0.2) is 42.5 Å². The number of halogens is 2. The summed E-state index contributed by atoms with van der Waals surface area (Å²) in [6, 6.07) is 12.8. The van der Waals surface area contributed by atoms with Gasteiger partial charge in [0.25, 0.3) is 5.91 Å². The zero-order valence-electron chi connectivity index (χ0n) is 18.0. The van der Waals surface area contributed by atoms with E-state index >= 15 is 0 Å². The predicted molar refractivity (Wildman–Crippen MR) is 122 cm³/mol. The maximum absolute atomic E-state index is 14.2. The second-order valence-electron chi connectivity index (χ2n) is 8.42. The fourth-order valence-electron chi connectivity index (χ4n) is 4.69. The lowest BCUT2D eigenvalue weighted by atomic mass is 10.0. The van der Waals surface area contributed by atoms with Gasteiger partial charge in [0.2, 0.25) is 0 Å². The molecule has 2 fully saturated rings. The van der Waals surface area contributed by atoms with Crippen molar-refractivity contribution >= 4 is 29.3 Å². The number of fused-ring (bicyclic) bond motifs is 1. The van der Waals surface area contributed by atoms with Gasteiger partial charge in [0, 0.05) is 50.2 Å². The number of rotatable bonds is 6. The van der Waals surface area contributed by atoms with E-state index in [1.807, 2.05) is 0 Å². The van der Waals surface area contributed by atoms with Gasteiger partial charge in [-0.05, 0) is 42.7 Å². The zero-order chi connectivity index (χ0) is 22.7. The molecule has 0 aromatic heterocycles. The molecule has 2 saturated heterocycles. The number of anilines is 1. The number of carbonyl (C=O) groups is 2. The summed E-state index contributed by atoms with van der Waals surface area (Å²) in [5, 5.41) is 2.86. The predicted octanol–water partition coefficient (Wildman–Crippen LogP) is 3.98. The molecular formula is C24H27ClFN3O3. The molecule has 8 heteroatoms. The molecule has 0 saturated carbocycles. The second kappa shape index (κ2) is 9.77. The van der Waals surface area contributed by atoms with E-state index in [1.54, 1.807) is 11.0 Å². The number of hydrogen-bond donors (Lipinski definition) is 1. The lowest BCUT2D eigenvalue weighted by Crippen LogP contribution is -2.34. The van der Waals surface area contributed by atoms with Crippen LogP contribution in [-0.2, 0) is 11.2 Å². The third-order valence-electron chi connectivity index (χ3n) is 6.32. The molecule has 2 aliphatic rings. The third-order valence-corrected chi connectivity index (χ3v) is 6.64. The van der Waals surface area contributed by atoms with Gasteiger partial charge in [-0.25, -0.2) is 9.18 Å². The lowest BCUT2D eigenvalue weighted by molar-refractivity contribution is 0.0778. The number of aryl methyl sites for hydroxylation is 1. The number of nitrogens with one attached hydrogen (secondary N) is 1. The maximum Gasteiger partial charge on any atom is 0.406 e. The minimum atomic E-state index is -0.570. The molecule has 2 atom stereocenters. The van der Waals surface area contributed by atoms with Crippen molar-refractivity contribution in [2.75, 3.05) is 44.7 Å². The van der Waals surface area contributed by atoms with Crippen molar-refractivity contribution in [1.82, 2.24) is 10.2 Å². The topological polar surface area (TPSA) is 61.9 Å². The molecule has 0 radical (unpaired) electrons. The number of carbonyl (C=O) groups excluding carboxylic acids is 2. The highest BCUT2D eigenvalue weighted by molar-refractivity contribution is 6.33. The van der Waals surface area contributed by atoms with Crippen molar-refractivity contribution in [3.05, 3.63) is 64.4 Å². The molecule has 2 amide bonds. The van der Waals surface area contributed by atoms with E-state index in [9.17, 15) is 14.0 Å². The van der Waals surface area contributed by atoms with Crippen molar-refractivity contribution < 1.29 is 18.7 Å². The third kappa shape index (κ3) is 4.83. The van der Waals surface area contributed by atoms with Crippen LogP contribution in [0.3, 0.4) is 0 Å². The standard InChI is InChI=1S/C24H27ClFN3O3/c1-32-24(31)27-10-4-6-16-5-2-7-19(11-16)28-12-17-14-29(15-18(17)13-28)23(30)22-20(25)8-3-9-21(22)26/h2-3,5,7-9,11,17-18H,4,6,10,12-15H2,1H3,(H,27,31). The Morgan fingerprint density at radius 3 is 2.53 bits per heavy atom. The van der Waals surface area contributed by atoms with Crippen LogP contribution >= 0.6 is 11.6 Å². The smallest absolute Gasteiger partial charge is 0.406 e. The Bertz CT molecular complexity index is 968. The maximum atomic E-state index is 14.2. The summed E-state index contributed by atoms with van der Waals surface area (Å²) in [6.45, 7) is 3.54. The molecule has 0 spiro atoms. The van der Waals surface area contributed by atoms with E-state index in [-0.39, 0.29) is 16.5 Å². The number of nitrogens with zero attached hydrogens (tertiary/aromatic N) is 2. The van der Waals surface area contributed by atoms with Crippen molar-refractivity contribution in [1.29, 1.82) is 0 Å². The molecule has 0 bridgehead atoms. The van der Waals surface area contributed by atoms with Gasteiger partial charge in [0.15, 0.2) is 0 Å². The number of ether oxygens (including phenoxy) is 1. The number of hydrogen-bond acceptors (Lipinski definition) is 4. The van der Waals surface area contributed by atoms with Crippen molar-refractivity contribution in [3.63, 3.8) is 0 Å². The monoisotopic (exact) mass is 459 g/mol. The van der Waals surface area contributed by atoms with Crippen LogP contribution < -0.4 is 10.2 Å². The Morgan fingerprint density at radius 2 is 1.84 bits per heavy atom. The summed E-state index contributed by atoms with van der Waals surface area (Å²) in [6.07, 6.45) is 1.29. The summed E-state index contributed by atoms with van der Waals surface area (Å²) < 4.78 is 18.7. The first kappa shape index (κ1) is 22.4. The molecule has 32 heavy (non-hydrogen) atoms. The minimum absolute atomic E-state index is 0.0274. The van der Waals surface area contributed by atoms with Crippen LogP contribution in [0, 0.1) is 17.7 Å². The average Bonchev–Trinajstić information content (AvgIpc) is 3.36. The van der Waals surface area contributed by atoms with E-state index < -0.39 is 11.9 Å². The van der Waals surface area contributed by atoms with Crippen molar-refractivity contribution in [2.45, 2.75) is 12.8 Å². The summed E-state index contributed by atoms with van der Waals surface area (Å²) in [7, 11) is 1.36. The molecule has 2 heterocycles. The first-order chi connectivity index (χ1) is 15.5. The summed E-state index contributed by atoms with van der Waals surface area (Å²) >= 11 is 6.09. The van der Waals surface area contributed by atoms with Gasteiger partial charge in [-0.15, -0.1) is 0 Å². The van der Waals surface area contributed by atoms with Gasteiger partial charge in [0.1, 0.15) is 5.82 Å². The van der Waals surface area contributed by atoms with Crippen LogP contribution in [-0.4, -0.2) is 56.7 Å². The van der Waals surface area contributed by atoms with Gasteiger partial charge < -0.3 is 19.9 Å². The molecular weight excluding hydrogens is 433 g/mol. The molecule has 6 nitrogen and oxygen atoms in total. The Balaban J connectivity index is 1.33. The Morgan fingerprint density at radius 1 is 1.12 bits per heavy atom. The molecule has 170 valence electrons. The molecule has 2 aliphatic heterocycles. The minimum Gasteiger partial charge on any atom is -0.453 e. The van der Waals surface area contributed by atoms with Gasteiger partial charge in [-0.1, -0.05) is 29.8 Å². The van der Waals surface area contributed by atoms with E-state index in [0.29, 0.717) is 31.5 Å². The Hall–Kier alpha value is -2.80. The zero-order valence-corrected chi connectivity index (χ0v) is 18.8. The van der Waals surface area contributed by atoms with Gasteiger partial charge in [-0.3, -0.25) is 4.79 Å². The summed E-state index contributed by atoms with van der Waals surface area (Å²) in [5.74, 6) is -0.175. The van der Waals surface area contributed by atoms with E-state index in [2.05, 4.69) is 39.2 Å². The number of alkyl carbamates (subject to hydrolysis) is 1. The summed E-state index contributed by atoms with van der Waals surface area (Å²) in [5.41, 5.74) is 2.37. The number of methoxy groups -OCH3 is 1.